The van der Waals surface area contributed by atoms with Gasteiger partial charge in [-0.15, -0.1) is 0 Å². The lowest BCUT2D eigenvalue weighted by atomic mass is 10.1. The van der Waals surface area contributed by atoms with Gasteiger partial charge in [0.2, 0.25) is 0 Å². The highest BCUT2D eigenvalue weighted by atomic mass is 16.5. The lowest BCUT2D eigenvalue weighted by Gasteiger charge is -2.11. The second-order valence-electron chi connectivity index (χ2n) is 5.57. The average Bonchev–Trinajstić information content (AvgIpc) is 2.67. The van der Waals surface area contributed by atoms with Gasteiger partial charge in [-0.05, 0) is 29.8 Å². The second-order valence-corrected chi connectivity index (χ2v) is 5.57. The van der Waals surface area contributed by atoms with Crippen LogP contribution >= 0.6 is 0 Å². The molecule has 0 aliphatic carbocycles. The van der Waals surface area contributed by atoms with Crippen molar-refractivity contribution in [1.29, 1.82) is 0 Å². The van der Waals surface area contributed by atoms with Gasteiger partial charge in [-0.25, -0.2) is 0 Å². The molecule has 130 valence electrons. The molecular formula is C21H17NO4. The fourth-order valence-corrected chi connectivity index (χ4v) is 2.42. The number of hydrogen-bond acceptors (Lipinski definition) is 4. The Hall–Kier alpha value is -3.60. The Labute approximate surface area is 150 Å². The predicted octanol–water partition coefficient (Wildman–Crippen LogP) is 3.54. The molecule has 0 saturated carbocycles. The molecule has 0 aromatic heterocycles. The van der Waals surface area contributed by atoms with Gasteiger partial charge in [0.15, 0.2) is 0 Å². The molecule has 0 aliphatic heterocycles. The van der Waals surface area contributed by atoms with Crippen LogP contribution in [0.25, 0.3) is 0 Å². The molecule has 0 unspecified atom stereocenters. The number of hydrogen-bond donors (Lipinski definition) is 2. The molecule has 0 spiro atoms. The summed E-state index contributed by atoms with van der Waals surface area (Å²) < 4.78 is 5.73. The normalized spacial score (nSPS) is 10.2. The number of rotatable bonds is 5. The SMILES string of the molecule is O=C(NC(=O)c1ccccc1OCc1ccccc1)c1ccccc1O. The molecule has 3 rings (SSSR count). The van der Waals surface area contributed by atoms with Gasteiger partial charge in [-0.1, -0.05) is 54.6 Å². The zero-order valence-electron chi connectivity index (χ0n) is 13.9. The minimum atomic E-state index is -0.675. The molecule has 5 heteroatoms. The quantitative estimate of drug-likeness (QED) is 0.692. The molecule has 0 aliphatic rings. The van der Waals surface area contributed by atoms with Crippen LogP contribution < -0.4 is 10.1 Å². The van der Waals surface area contributed by atoms with Crippen molar-refractivity contribution in [2.45, 2.75) is 6.61 Å². The highest BCUT2D eigenvalue weighted by Gasteiger charge is 2.18. The number of carbonyl (C=O) groups excluding carboxylic acids is 2. The number of amides is 2. The van der Waals surface area contributed by atoms with Crippen LogP contribution in [0, 0.1) is 0 Å². The maximum atomic E-state index is 12.5. The number of phenols is 1. The van der Waals surface area contributed by atoms with Crippen molar-refractivity contribution in [3.63, 3.8) is 0 Å². The second kappa shape index (κ2) is 7.98. The Morgan fingerprint density at radius 1 is 0.769 bits per heavy atom. The number of carbonyl (C=O) groups is 2. The zero-order valence-corrected chi connectivity index (χ0v) is 13.9. The summed E-state index contributed by atoms with van der Waals surface area (Å²) in [5.74, 6) is -1.08. The van der Waals surface area contributed by atoms with Crippen LogP contribution in [0.15, 0.2) is 78.9 Å². The molecule has 0 radical (unpaired) electrons. The number of nitrogens with one attached hydrogen (secondary N) is 1. The van der Waals surface area contributed by atoms with E-state index in [1.165, 1.54) is 12.1 Å². The molecule has 0 atom stereocenters. The third-order valence-corrected chi connectivity index (χ3v) is 3.74. The van der Waals surface area contributed by atoms with Gasteiger partial charge in [0, 0.05) is 0 Å². The number of aromatic hydroxyl groups is 1. The van der Waals surface area contributed by atoms with E-state index in [1.807, 2.05) is 30.3 Å². The van der Waals surface area contributed by atoms with E-state index < -0.39 is 11.8 Å². The molecule has 0 bridgehead atoms. The van der Waals surface area contributed by atoms with Gasteiger partial charge in [-0.3, -0.25) is 14.9 Å². The zero-order chi connectivity index (χ0) is 18.4. The summed E-state index contributed by atoms with van der Waals surface area (Å²) in [7, 11) is 0. The molecule has 0 fully saturated rings. The van der Waals surface area contributed by atoms with E-state index in [9.17, 15) is 14.7 Å². The summed E-state index contributed by atoms with van der Waals surface area (Å²) >= 11 is 0. The molecule has 3 aromatic rings. The van der Waals surface area contributed by atoms with Crippen molar-refractivity contribution in [2.75, 3.05) is 0 Å². The van der Waals surface area contributed by atoms with Gasteiger partial charge in [0.1, 0.15) is 18.1 Å². The lowest BCUT2D eigenvalue weighted by molar-refractivity contribution is 0.0845. The van der Waals surface area contributed by atoms with E-state index >= 15 is 0 Å². The Balaban J connectivity index is 1.73. The first kappa shape index (κ1) is 17.2. The summed E-state index contributed by atoms with van der Waals surface area (Å²) in [5, 5.41) is 12.0. The molecule has 2 amide bonds. The number of ether oxygens (including phenoxy) is 1. The molecule has 0 heterocycles. The van der Waals surface area contributed by atoms with Crippen LogP contribution in [-0.2, 0) is 6.61 Å². The summed E-state index contributed by atoms with van der Waals surface area (Å²) in [5.41, 5.74) is 1.24. The van der Waals surface area contributed by atoms with Gasteiger partial charge in [0.05, 0.1) is 11.1 Å². The van der Waals surface area contributed by atoms with Crippen LogP contribution in [0.3, 0.4) is 0 Å². The number of phenolic OH excluding ortho intramolecular Hbond substituents is 1. The number of para-hydroxylation sites is 2. The molecule has 2 N–H and O–H groups in total. The van der Waals surface area contributed by atoms with E-state index in [0.29, 0.717) is 12.4 Å². The number of imide groups is 1. The highest BCUT2D eigenvalue weighted by molar-refractivity contribution is 6.12. The maximum Gasteiger partial charge on any atom is 0.261 e. The maximum absolute atomic E-state index is 12.5. The van der Waals surface area contributed by atoms with E-state index in [-0.39, 0.29) is 16.9 Å². The van der Waals surface area contributed by atoms with Crippen LogP contribution in [0.5, 0.6) is 11.5 Å². The van der Waals surface area contributed by atoms with E-state index in [4.69, 9.17) is 4.74 Å². The molecule has 0 saturated heterocycles. The van der Waals surface area contributed by atoms with Gasteiger partial charge < -0.3 is 9.84 Å². The van der Waals surface area contributed by atoms with E-state index in [0.717, 1.165) is 5.56 Å². The Morgan fingerprint density at radius 3 is 2.08 bits per heavy atom. The fourth-order valence-electron chi connectivity index (χ4n) is 2.42. The van der Waals surface area contributed by atoms with Crippen molar-refractivity contribution in [3.8, 4) is 11.5 Å². The number of benzene rings is 3. The van der Waals surface area contributed by atoms with Crippen LogP contribution in [0.2, 0.25) is 0 Å². The Morgan fingerprint density at radius 2 is 1.35 bits per heavy atom. The smallest absolute Gasteiger partial charge is 0.261 e. The van der Waals surface area contributed by atoms with Crippen LogP contribution in [-0.4, -0.2) is 16.9 Å². The first-order valence-corrected chi connectivity index (χ1v) is 8.04. The minimum Gasteiger partial charge on any atom is -0.507 e. The van der Waals surface area contributed by atoms with E-state index in [1.54, 1.807) is 36.4 Å². The Bertz CT molecular complexity index is 922. The third-order valence-electron chi connectivity index (χ3n) is 3.74. The first-order chi connectivity index (χ1) is 12.6. The minimum absolute atomic E-state index is 0.0311. The first-order valence-electron chi connectivity index (χ1n) is 8.04. The van der Waals surface area contributed by atoms with E-state index in [2.05, 4.69) is 5.32 Å². The summed E-state index contributed by atoms with van der Waals surface area (Å²) in [4.78, 5) is 24.7. The van der Waals surface area contributed by atoms with Crippen molar-refractivity contribution >= 4 is 11.8 Å². The van der Waals surface area contributed by atoms with Crippen molar-refractivity contribution in [3.05, 3.63) is 95.6 Å². The monoisotopic (exact) mass is 347 g/mol. The molecule has 3 aromatic carbocycles. The lowest BCUT2D eigenvalue weighted by Crippen LogP contribution is -2.30. The Kier molecular flexibility index (Phi) is 5.29. The van der Waals surface area contributed by atoms with Crippen molar-refractivity contribution in [2.24, 2.45) is 0 Å². The molecule has 5 nitrogen and oxygen atoms in total. The van der Waals surface area contributed by atoms with Crippen LogP contribution in [0.4, 0.5) is 0 Å². The highest BCUT2D eigenvalue weighted by Crippen LogP contribution is 2.20. The van der Waals surface area contributed by atoms with Crippen molar-refractivity contribution in [1.82, 2.24) is 5.32 Å². The summed E-state index contributed by atoms with van der Waals surface area (Å²) in [6.07, 6.45) is 0. The molecular weight excluding hydrogens is 330 g/mol. The third kappa shape index (κ3) is 4.08. The average molecular weight is 347 g/mol. The largest absolute Gasteiger partial charge is 0.507 e. The predicted molar refractivity (Wildman–Crippen MR) is 97.1 cm³/mol. The van der Waals surface area contributed by atoms with Crippen LogP contribution in [0.1, 0.15) is 26.3 Å². The molecule has 26 heavy (non-hydrogen) atoms. The fraction of sp³-hybridized carbons (Fsp3) is 0.0476. The van der Waals surface area contributed by atoms with Gasteiger partial charge in [0.25, 0.3) is 11.8 Å². The summed E-state index contributed by atoms with van der Waals surface area (Å²) in [6.45, 7) is 0.304. The summed E-state index contributed by atoms with van der Waals surface area (Å²) in [6, 6.07) is 22.3. The van der Waals surface area contributed by atoms with Gasteiger partial charge in [-0.2, -0.15) is 0 Å². The standard InChI is InChI=1S/C21H17NO4/c23-18-12-6-4-10-16(18)20(24)22-21(25)17-11-5-7-13-19(17)26-14-15-8-2-1-3-9-15/h1-13,23H,14H2,(H,22,24,25). The topological polar surface area (TPSA) is 75.6 Å². The van der Waals surface area contributed by atoms with Gasteiger partial charge >= 0.3 is 0 Å². The van der Waals surface area contributed by atoms with Crippen molar-refractivity contribution < 1.29 is 19.4 Å².